The van der Waals surface area contributed by atoms with Crippen molar-refractivity contribution in [3.8, 4) is 18.2 Å². The molecule has 0 bridgehead atoms. The third-order valence-corrected chi connectivity index (χ3v) is 5.88. The molecule has 0 radical (unpaired) electrons. The van der Waals surface area contributed by atoms with Crippen molar-refractivity contribution in [1.29, 1.82) is 15.8 Å². The summed E-state index contributed by atoms with van der Waals surface area (Å²) in [6.07, 6.45) is 11.7. The number of ether oxygens (including phenoxy) is 1. The number of benzene rings is 1. The number of rotatable bonds is 2. The normalized spacial score (nSPS) is 18.0. The third-order valence-electron chi connectivity index (χ3n) is 5.88. The zero-order valence-electron chi connectivity index (χ0n) is 18.4. The molecule has 1 aromatic carbocycles. The Morgan fingerprint density at radius 2 is 1.88 bits per heavy atom. The van der Waals surface area contributed by atoms with Gasteiger partial charge in [0.2, 0.25) is 0 Å². The van der Waals surface area contributed by atoms with E-state index in [9.17, 15) is 20.6 Å². The quantitative estimate of drug-likeness (QED) is 0.456. The lowest BCUT2D eigenvalue weighted by molar-refractivity contribution is 0.0954. The summed E-state index contributed by atoms with van der Waals surface area (Å²) in [5.74, 6) is -0.0388. The SMILES string of the molecule is CC1(C)OC(=C(C#N)C#N)C(C#N)=C1/C=C/c1cc2cc3c(cc2oc1=O)CCCC/C=C\3. The molecule has 1 aromatic heterocycles. The Bertz CT molecular complexity index is 1450. The Morgan fingerprint density at radius 3 is 2.61 bits per heavy atom. The average molecular weight is 435 g/mol. The van der Waals surface area contributed by atoms with Gasteiger partial charge in [0, 0.05) is 11.0 Å². The first kappa shape index (κ1) is 21.9. The average Bonchev–Trinajstić information content (AvgIpc) is 3.03. The van der Waals surface area contributed by atoms with Crippen molar-refractivity contribution >= 4 is 23.1 Å². The molecule has 2 aliphatic rings. The van der Waals surface area contributed by atoms with Gasteiger partial charge in [-0.15, -0.1) is 0 Å². The molecule has 33 heavy (non-hydrogen) atoms. The molecule has 6 nitrogen and oxygen atoms in total. The fourth-order valence-corrected chi connectivity index (χ4v) is 4.17. The summed E-state index contributed by atoms with van der Waals surface area (Å²) in [6.45, 7) is 3.47. The molecule has 0 unspecified atom stereocenters. The molecule has 0 fully saturated rings. The Morgan fingerprint density at radius 1 is 1.09 bits per heavy atom. The van der Waals surface area contributed by atoms with Gasteiger partial charge in [0.1, 0.15) is 35.0 Å². The fraction of sp³-hybridized carbons (Fsp3) is 0.259. The van der Waals surface area contributed by atoms with Crippen LogP contribution in [-0.4, -0.2) is 5.60 Å². The molecular weight excluding hydrogens is 414 g/mol. The van der Waals surface area contributed by atoms with Gasteiger partial charge in [-0.25, -0.2) is 4.79 Å². The van der Waals surface area contributed by atoms with Crippen molar-refractivity contribution < 1.29 is 9.15 Å². The van der Waals surface area contributed by atoms with Gasteiger partial charge in [-0.05, 0) is 74.9 Å². The molecule has 0 N–H and O–H groups in total. The number of nitrogens with zero attached hydrogens (tertiary/aromatic N) is 3. The van der Waals surface area contributed by atoms with Crippen LogP contribution in [0, 0.1) is 34.0 Å². The van der Waals surface area contributed by atoms with Gasteiger partial charge in [-0.2, -0.15) is 15.8 Å². The summed E-state index contributed by atoms with van der Waals surface area (Å²) in [5.41, 5.74) is 2.05. The highest BCUT2D eigenvalue weighted by Gasteiger charge is 2.38. The van der Waals surface area contributed by atoms with E-state index in [1.807, 2.05) is 18.2 Å². The van der Waals surface area contributed by atoms with Gasteiger partial charge < -0.3 is 9.15 Å². The molecule has 2 heterocycles. The van der Waals surface area contributed by atoms with Gasteiger partial charge in [0.15, 0.2) is 11.3 Å². The van der Waals surface area contributed by atoms with Gasteiger partial charge in [0.05, 0.1) is 5.56 Å². The minimum Gasteiger partial charge on any atom is -0.480 e. The van der Waals surface area contributed by atoms with E-state index >= 15 is 0 Å². The molecular formula is C27H21N3O3. The van der Waals surface area contributed by atoms with Crippen LogP contribution in [0.15, 0.2) is 62.0 Å². The molecule has 0 saturated carbocycles. The van der Waals surface area contributed by atoms with Crippen molar-refractivity contribution in [1.82, 2.24) is 0 Å². The number of fused-ring (bicyclic) bond motifs is 2. The number of nitriles is 3. The molecule has 162 valence electrons. The molecule has 0 saturated heterocycles. The second-order valence-corrected chi connectivity index (χ2v) is 8.50. The van der Waals surface area contributed by atoms with E-state index in [1.54, 1.807) is 44.2 Å². The van der Waals surface area contributed by atoms with E-state index in [0.717, 1.165) is 36.6 Å². The lowest BCUT2D eigenvalue weighted by Gasteiger charge is -2.20. The topological polar surface area (TPSA) is 111 Å². The number of hydrogen-bond acceptors (Lipinski definition) is 6. The van der Waals surface area contributed by atoms with Crippen molar-refractivity contribution in [2.24, 2.45) is 0 Å². The highest BCUT2D eigenvalue weighted by molar-refractivity contribution is 5.83. The van der Waals surface area contributed by atoms with Crippen LogP contribution in [0.4, 0.5) is 0 Å². The van der Waals surface area contributed by atoms with Crippen molar-refractivity contribution in [2.75, 3.05) is 0 Å². The number of aryl methyl sites for hydroxylation is 1. The molecule has 4 rings (SSSR count). The monoisotopic (exact) mass is 435 g/mol. The van der Waals surface area contributed by atoms with E-state index in [0.29, 0.717) is 16.7 Å². The van der Waals surface area contributed by atoms with Crippen LogP contribution in [0.5, 0.6) is 0 Å². The summed E-state index contributed by atoms with van der Waals surface area (Å²) < 4.78 is 11.4. The van der Waals surface area contributed by atoms with E-state index in [1.165, 1.54) is 5.56 Å². The highest BCUT2D eigenvalue weighted by Crippen LogP contribution is 2.40. The van der Waals surface area contributed by atoms with E-state index < -0.39 is 11.2 Å². The van der Waals surface area contributed by atoms with E-state index in [4.69, 9.17) is 9.15 Å². The van der Waals surface area contributed by atoms with Crippen LogP contribution in [-0.2, 0) is 11.2 Å². The maximum absolute atomic E-state index is 12.7. The second-order valence-electron chi connectivity index (χ2n) is 8.50. The molecule has 0 spiro atoms. The fourth-order valence-electron chi connectivity index (χ4n) is 4.17. The Hall–Kier alpha value is -4.34. The largest absolute Gasteiger partial charge is 0.480 e. The standard InChI is InChI=1S/C27H21N3O3/c1-27(2)23(22(16-30)25(33-27)21(14-28)15-29)10-9-19-12-20-11-17-7-5-3-4-6-8-18(17)13-24(20)32-26(19)31/h5,7,9-13H,3-4,6,8H2,1-2H3/b7-5-,10-9+. The predicted molar refractivity (Wildman–Crippen MR) is 124 cm³/mol. The lowest BCUT2D eigenvalue weighted by atomic mass is 9.94. The maximum Gasteiger partial charge on any atom is 0.343 e. The minimum atomic E-state index is -0.951. The minimum absolute atomic E-state index is 0.0388. The van der Waals surface area contributed by atoms with Crippen molar-refractivity contribution in [3.05, 3.63) is 79.9 Å². The number of hydrogen-bond donors (Lipinski definition) is 0. The maximum atomic E-state index is 12.7. The molecule has 6 heteroatoms. The van der Waals surface area contributed by atoms with Gasteiger partial charge in [0.25, 0.3) is 0 Å². The summed E-state index contributed by atoms with van der Waals surface area (Å²) in [7, 11) is 0. The molecule has 1 aliphatic heterocycles. The Kier molecular flexibility index (Phi) is 5.74. The highest BCUT2D eigenvalue weighted by atomic mass is 16.5. The number of allylic oxidation sites excluding steroid dienone is 3. The van der Waals surface area contributed by atoms with Crippen LogP contribution < -0.4 is 5.63 Å². The summed E-state index contributed by atoms with van der Waals surface area (Å²) >= 11 is 0. The summed E-state index contributed by atoms with van der Waals surface area (Å²) in [5, 5.41) is 28.9. The third kappa shape index (κ3) is 4.10. The van der Waals surface area contributed by atoms with Gasteiger partial charge in [-0.1, -0.05) is 18.2 Å². The van der Waals surface area contributed by atoms with Crippen molar-refractivity contribution in [3.63, 3.8) is 0 Å². The lowest BCUT2D eigenvalue weighted by Crippen LogP contribution is -2.20. The van der Waals surface area contributed by atoms with E-state index in [-0.39, 0.29) is 16.9 Å². The van der Waals surface area contributed by atoms with Crippen LogP contribution in [0.3, 0.4) is 0 Å². The second kappa shape index (κ2) is 8.65. The Balaban J connectivity index is 1.81. The summed E-state index contributed by atoms with van der Waals surface area (Å²) in [6, 6.07) is 11.3. The first-order valence-electron chi connectivity index (χ1n) is 10.7. The molecule has 2 aromatic rings. The predicted octanol–water partition coefficient (Wildman–Crippen LogP) is 5.48. The Labute approximate surface area is 191 Å². The van der Waals surface area contributed by atoms with Gasteiger partial charge >= 0.3 is 5.63 Å². The first-order valence-corrected chi connectivity index (χ1v) is 10.7. The summed E-state index contributed by atoms with van der Waals surface area (Å²) in [4.78, 5) is 12.7. The molecule has 0 amide bonds. The van der Waals surface area contributed by atoms with Crippen molar-refractivity contribution in [2.45, 2.75) is 45.1 Å². The van der Waals surface area contributed by atoms with Crippen LogP contribution in [0.25, 0.3) is 23.1 Å². The van der Waals surface area contributed by atoms with Crippen LogP contribution in [0.2, 0.25) is 0 Å². The van der Waals surface area contributed by atoms with Gasteiger partial charge in [-0.3, -0.25) is 0 Å². The first-order chi connectivity index (χ1) is 15.9. The molecule has 1 aliphatic carbocycles. The smallest absolute Gasteiger partial charge is 0.343 e. The van der Waals surface area contributed by atoms with Crippen LogP contribution >= 0.6 is 0 Å². The zero-order chi connectivity index (χ0) is 23.6. The van der Waals surface area contributed by atoms with E-state index in [2.05, 4.69) is 12.2 Å². The zero-order valence-corrected chi connectivity index (χ0v) is 18.4. The van der Waals surface area contributed by atoms with Crippen LogP contribution in [0.1, 0.15) is 49.8 Å². The molecule has 0 atom stereocenters.